The number of carbonyl (C=O) groups is 2. The standard InChI is InChI=1S/C33H41N3O4S/c1-25(2)21-22-34-33(38)31(23-27-9-5-3-6-10-27)36(24-28-11-7-4-8-12-28)32(37)20-15-26-13-18-30(19-14-26)41(39,40)35-29-16-17-29/h3-14,18-19,25,29,31,35H,15-17,20-24H2,1-2H3,(H,34,38)/t31-/m1/s1. The molecule has 1 aliphatic rings. The van der Waals surface area contributed by atoms with E-state index in [-0.39, 0.29) is 29.2 Å². The SMILES string of the molecule is CC(C)CCNC(=O)[C@@H](Cc1ccccc1)N(Cc1ccccc1)C(=O)CCc1ccc(S(=O)(=O)NC2CC2)cc1. The van der Waals surface area contributed by atoms with Crippen molar-refractivity contribution in [1.82, 2.24) is 14.9 Å². The van der Waals surface area contributed by atoms with Gasteiger partial charge in [0.1, 0.15) is 6.04 Å². The predicted octanol–water partition coefficient (Wildman–Crippen LogP) is 4.86. The average Bonchev–Trinajstić information content (AvgIpc) is 3.78. The maximum atomic E-state index is 13.8. The van der Waals surface area contributed by atoms with Gasteiger partial charge in [0.05, 0.1) is 4.90 Å². The third kappa shape index (κ3) is 9.54. The lowest BCUT2D eigenvalue weighted by Crippen LogP contribution is -2.50. The Hall–Kier alpha value is -3.49. The summed E-state index contributed by atoms with van der Waals surface area (Å²) in [5.74, 6) is 0.174. The normalized spacial score (nSPS) is 14.0. The number of amides is 2. The topological polar surface area (TPSA) is 95.6 Å². The summed E-state index contributed by atoms with van der Waals surface area (Å²) in [7, 11) is -3.53. The molecular formula is C33H41N3O4S. The Bertz CT molecular complexity index is 1370. The van der Waals surface area contributed by atoms with Gasteiger partial charge in [0, 0.05) is 32.0 Å². The first-order chi connectivity index (χ1) is 19.7. The molecule has 218 valence electrons. The van der Waals surface area contributed by atoms with Crippen LogP contribution in [0.1, 0.15) is 56.2 Å². The molecule has 0 heterocycles. The van der Waals surface area contributed by atoms with Gasteiger partial charge in [-0.1, -0.05) is 86.6 Å². The molecule has 0 bridgehead atoms. The Morgan fingerprint density at radius 2 is 1.46 bits per heavy atom. The van der Waals surface area contributed by atoms with Crippen LogP contribution in [0.3, 0.4) is 0 Å². The van der Waals surface area contributed by atoms with Crippen LogP contribution in [-0.2, 0) is 39.0 Å². The Balaban J connectivity index is 1.52. The molecule has 0 saturated heterocycles. The van der Waals surface area contributed by atoms with Crippen molar-refractivity contribution in [2.45, 2.75) is 75.9 Å². The van der Waals surface area contributed by atoms with Gasteiger partial charge in [0.2, 0.25) is 21.8 Å². The van der Waals surface area contributed by atoms with Gasteiger partial charge in [0.25, 0.3) is 0 Å². The molecule has 1 aliphatic carbocycles. The van der Waals surface area contributed by atoms with Gasteiger partial charge in [-0.05, 0) is 60.4 Å². The number of rotatable bonds is 15. The van der Waals surface area contributed by atoms with E-state index in [9.17, 15) is 18.0 Å². The highest BCUT2D eigenvalue weighted by atomic mass is 32.2. The molecule has 1 fully saturated rings. The van der Waals surface area contributed by atoms with E-state index in [1.54, 1.807) is 29.2 Å². The summed E-state index contributed by atoms with van der Waals surface area (Å²) in [6, 6.07) is 25.6. The van der Waals surface area contributed by atoms with Crippen LogP contribution in [0.25, 0.3) is 0 Å². The lowest BCUT2D eigenvalue weighted by Gasteiger charge is -2.32. The predicted molar refractivity (Wildman–Crippen MR) is 161 cm³/mol. The van der Waals surface area contributed by atoms with Crippen LogP contribution >= 0.6 is 0 Å². The van der Waals surface area contributed by atoms with Crippen molar-refractivity contribution in [3.63, 3.8) is 0 Å². The van der Waals surface area contributed by atoms with Gasteiger partial charge < -0.3 is 10.2 Å². The average molecular weight is 576 g/mol. The Morgan fingerprint density at radius 3 is 2.05 bits per heavy atom. The minimum atomic E-state index is -3.53. The van der Waals surface area contributed by atoms with Crippen LogP contribution in [0.5, 0.6) is 0 Å². The summed E-state index contributed by atoms with van der Waals surface area (Å²) < 4.78 is 27.7. The zero-order chi connectivity index (χ0) is 29.2. The summed E-state index contributed by atoms with van der Waals surface area (Å²) in [5, 5.41) is 3.07. The van der Waals surface area contributed by atoms with Crippen LogP contribution in [0.2, 0.25) is 0 Å². The second-order valence-electron chi connectivity index (χ2n) is 11.2. The number of nitrogens with one attached hydrogen (secondary N) is 2. The van der Waals surface area contributed by atoms with Gasteiger partial charge in [0.15, 0.2) is 0 Å². The van der Waals surface area contributed by atoms with E-state index in [2.05, 4.69) is 23.9 Å². The minimum Gasteiger partial charge on any atom is -0.354 e. The van der Waals surface area contributed by atoms with E-state index in [0.717, 1.165) is 36.0 Å². The van der Waals surface area contributed by atoms with Crippen LogP contribution < -0.4 is 10.0 Å². The molecule has 0 unspecified atom stereocenters. The quantitative estimate of drug-likeness (QED) is 0.271. The monoisotopic (exact) mass is 575 g/mol. The molecular weight excluding hydrogens is 534 g/mol. The number of hydrogen-bond acceptors (Lipinski definition) is 4. The van der Waals surface area contributed by atoms with E-state index in [4.69, 9.17) is 0 Å². The zero-order valence-corrected chi connectivity index (χ0v) is 24.8. The summed E-state index contributed by atoms with van der Waals surface area (Å²) in [4.78, 5) is 29.3. The molecule has 4 rings (SSSR count). The highest BCUT2D eigenvalue weighted by molar-refractivity contribution is 7.89. The Labute approximate surface area is 244 Å². The van der Waals surface area contributed by atoms with Crippen LogP contribution in [0.4, 0.5) is 0 Å². The van der Waals surface area contributed by atoms with Crippen molar-refractivity contribution in [3.8, 4) is 0 Å². The third-order valence-electron chi connectivity index (χ3n) is 7.25. The fraction of sp³-hybridized carbons (Fsp3) is 0.394. The molecule has 2 N–H and O–H groups in total. The van der Waals surface area contributed by atoms with E-state index in [0.29, 0.717) is 31.8 Å². The first kappa shape index (κ1) is 30.5. The van der Waals surface area contributed by atoms with Crippen LogP contribution in [0, 0.1) is 5.92 Å². The molecule has 0 aromatic heterocycles. The van der Waals surface area contributed by atoms with E-state index >= 15 is 0 Å². The van der Waals surface area contributed by atoms with Gasteiger partial charge in [-0.25, -0.2) is 13.1 Å². The van der Waals surface area contributed by atoms with Crippen LogP contribution in [0.15, 0.2) is 89.8 Å². The van der Waals surface area contributed by atoms with Gasteiger partial charge in [-0.3, -0.25) is 9.59 Å². The third-order valence-corrected chi connectivity index (χ3v) is 8.78. The lowest BCUT2D eigenvalue weighted by atomic mass is 10.0. The largest absolute Gasteiger partial charge is 0.354 e. The highest BCUT2D eigenvalue weighted by Gasteiger charge is 2.30. The molecule has 0 aliphatic heterocycles. The number of benzene rings is 3. The molecule has 7 nitrogen and oxygen atoms in total. The number of nitrogens with zero attached hydrogens (tertiary/aromatic N) is 1. The summed E-state index contributed by atoms with van der Waals surface area (Å²) in [6.07, 6.45) is 3.66. The fourth-order valence-electron chi connectivity index (χ4n) is 4.65. The highest BCUT2D eigenvalue weighted by Crippen LogP contribution is 2.23. The summed E-state index contributed by atoms with van der Waals surface area (Å²) in [6.45, 7) is 5.10. The summed E-state index contributed by atoms with van der Waals surface area (Å²) >= 11 is 0. The molecule has 3 aromatic rings. The first-order valence-electron chi connectivity index (χ1n) is 14.5. The Morgan fingerprint density at radius 1 is 0.854 bits per heavy atom. The molecule has 8 heteroatoms. The molecule has 41 heavy (non-hydrogen) atoms. The fourth-order valence-corrected chi connectivity index (χ4v) is 5.96. The van der Waals surface area contributed by atoms with Crippen LogP contribution in [-0.4, -0.2) is 43.8 Å². The molecule has 3 aromatic carbocycles. The van der Waals surface area contributed by atoms with Crippen molar-refractivity contribution >= 4 is 21.8 Å². The molecule has 0 spiro atoms. The minimum absolute atomic E-state index is 0.0410. The number of sulfonamides is 1. The Kier molecular flexibility index (Phi) is 10.7. The van der Waals surface area contributed by atoms with Crippen molar-refractivity contribution < 1.29 is 18.0 Å². The van der Waals surface area contributed by atoms with E-state index in [1.165, 1.54) is 0 Å². The first-order valence-corrected chi connectivity index (χ1v) is 16.0. The van der Waals surface area contributed by atoms with E-state index < -0.39 is 16.1 Å². The smallest absolute Gasteiger partial charge is 0.243 e. The van der Waals surface area contributed by atoms with E-state index in [1.807, 2.05) is 60.7 Å². The number of hydrogen-bond donors (Lipinski definition) is 2. The number of aryl methyl sites for hydroxylation is 1. The van der Waals surface area contributed by atoms with Gasteiger partial charge in [-0.15, -0.1) is 0 Å². The number of carbonyl (C=O) groups excluding carboxylic acids is 2. The zero-order valence-electron chi connectivity index (χ0n) is 24.0. The van der Waals surface area contributed by atoms with Gasteiger partial charge >= 0.3 is 0 Å². The lowest BCUT2D eigenvalue weighted by molar-refractivity contribution is -0.141. The van der Waals surface area contributed by atoms with Gasteiger partial charge in [-0.2, -0.15) is 0 Å². The van der Waals surface area contributed by atoms with Crippen molar-refractivity contribution in [1.29, 1.82) is 0 Å². The second-order valence-corrected chi connectivity index (χ2v) is 12.9. The maximum Gasteiger partial charge on any atom is 0.243 e. The van der Waals surface area contributed by atoms with Crippen molar-refractivity contribution in [2.24, 2.45) is 5.92 Å². The summed E-state index contributed by atoms with van der Waals surface area (Å²) in [5.41, 5.74) is 2.80. The maximum absolute atomic E-state index is 13.8. The molecule has 1 atom stereocenters. The second kappa shape index (κ2) is 14.4. The molecule has 1 saturated carbocycles. The van der Waals surface area contributed by atoms with Crippen molar-refractivity contribution in [2.75, 3.05) is 6.54 Å². The van der Waals surface area contributed by atoms with Crippen molar-refractivity contribution in [3.05, 3.63) is 102 Å². The molecule has 2 amide bonds. The molecule has 0 radical (unpaired) electrons.